The fourth-order valence-corrected chi connectivity index (χ4v) is 1.53. The molecule has 86 valence electrons. The first-order chi connectivity index (χ1) is 7.71. The molecule has 0 radical (unpaired) electrons. The van der Waals surface area contributed by atoms with E-state index in [0.29, 0.717) is 17.9 Å². The number of nitrogens with zero attached hydrogens (tertiary/aromatic N) is 3. The van der Waals surface area contributed by atoms with E-state index in [2.05, 4.69) is 35.4 Å². The van der Waals surface area contributed by atoms with Gasteiger partial charge in [-0.25, -0.2) is 0 Å². The van der Waals surface area contributed by atoms with Gasteiger partial charge < -0.3 is 11.1 Å². The van der Waals surface area contributed by atoms with Gasteiger partial charge in [0.25, 0.3) is 0 Å². The van der Waals surface area contributed by atoms with Crippen molar-refractivity contribution in [1.82, 2.24) is 10.2 Å². The zero-order valence-corrected chi connectivity index (χ0v) is 9.70. The van der Waals surface area contributed by atoms with Gasteiger partial charge >= 0.3 is 0 Å². The molecule has 3 N–H and O–H groups in total. The number of nitrogens with one attached hydrogen (secondary N) is 1. The lowest BCUT2D eigenvalue weighted by Crippen LogP contribution is -2.44. The van der Waals surface area contributed by atoms with E-state index in [1.807, 2.05) is 0 Å². The summed E-state index contributed by atoms with van der Waals surface area (Å²) in [6.07, 6.45) is 3.26. The van der Waals surface area contributed by atoms with Gasteiger partial charge in [-0.05, 0) is 18.9 Å². The zero-order chi connectivity index (χ0) is 12.0. The predicted octanol–water partition coefficient (Wildman–Crippen LogP) is 1.28. The number of aromatic nitrogens is 2. The van der Waals surface area contributed by atoms with Crippen molar-refractivity contribution in [2.45, 2.75) is 32.2 Å². The van der Waals surface area contributed by atoms with Crippen LogP contribution < -0.4 is 11.1 Å². The molecule has 0 amide bonds. The molecule has 5 nitrogen and oxygen atoms in total. The van der Waals surface area contributed by atoms with Crippen LogP contribution in [0, 0.1) is 11.3 Å². The lowest BCUT2D eigenvalue weighted by atomic mass is 9.93. The van der Waals surface area contributed by atoms with Crippen LogP contribution in [0.2, 0.25) is 0 Å². The van der Waals surface area contributed by atoms with Crippen LogP contribution >= 0.6 is 0 Å². The van der Waals surface area contributed by atoms with E-state index in [4.69, 9.17) is 11.0 Å². The maximum atomic E-state index is 8.94. The summed E-state index contributed by atoms with van der Waals surface area (Å²) in [5.41, 5.74) is 6.06. The highest BCUT2D eigenvalue weighted by molar-refractivity contribution is 5.51. The molecule has 0 aliphatic carbocycles. The summed E-state index contributed by atoms with van der Waals surface area (Å²) in [7, 11) is 0. The van der Waals surface area contributed by atoms with Crippen molar-refractivity contribution in [3.63, 3.8) is 0 Å². The van der Waals surface area contributed by atoms with Crippen molar-refractivity contribution >= 4 is 5.82 Å². The van der Waals surface area contributed by atoms with Crippen LogP contribution in [-0.4, -0.2) is 22.3 Å². The Morgan fingerprint density at radius 2 is 2.19 bits per heavy atom. The summed E-state index contributed by atoms with van der Waals surface area (Å²) in [6.45, 7) is 4.62. The number of anilines is 1. The molecule has 16 heavy (non-hydrogen) atoms. The van der Waals surface area contributed by atoms with Gasteiger partial charge in [-0.1, -0.05) is 13.8 Å². The number of nitrogens with two attached hydrogens (primary N) is 1. The molecule has 0 saturated carbocycles. The Morgan fingerprint density at radius 1 is 1.50 bits per heavy atom. The summed E-state index contributed by atoms with van der Waals surface area (Å²) < 4.78 is 0. The van der Waals surface area contributed by atoms with Crippen LogP contribution in [0.25, 0.3) is 0 Å². The minimum atomic E-state index is -0.207. The number of rotatable bonds is 5. The summed E-state index contributed by atoms with van der Waals surface area (Å²) in [5, 5.41) is 19.9. The molecule has 1 aromatic rings. The highest BCUT2D eigenvalue weighted by Crippen LogP contribution is 2.21. The van der Waals surface area contributed by atoms with Crippen molar-refractivity contribution in [3.05, 3.63) is 17.8 Å². The van der Waals surface area contributed by atoms with Gasteiger partial charge in [0.1, 0.15) is 6.07 Å². The largest absolute Gasteiger partial charge is 0.361 e. The number of hydrogen-bond donors (Lipinski definition) is 2. The quantitative estimate of drug-likeness (QED) is 0.778. The van der Waals surface area contributed by atoms with Crippen LogP contribution in [0.3, 0.4) is 0 Å². The molecule has 0 aliphatic heterocycles. The average Bonchev–Trinajstić information content (AvgIpc) is 2.36. The average molecular weight is 219 g/mol. The molecule has 1 aromatic heterocycles. The van der Waals surface area contributed by atoms with E-state index in [1.54, 1.807) is 6.07 Å². The van der Waals surface area contributed by atoms with Crippen molar-refractivity contribution in [3.8, 4) is 6.07 Å². The topological polar surface area (TPSA) is 87.6 Å². The molecule has 0 saturated heterocycles. The second kappa shape index (κ2) is 5.42. The van der Waals surface area contributed by atoms with Crippen molar-refractivity contribution in [2.24, 2.45) is 5.73 Å². The maximum absolute atomic E-state index is 8.94. The van der Waals surface area contributed by atoms with E-state index in [0.717, 1.165) is 12.8 Å². The minimum Gasteiger partial charge on any atom is -0.361 e. The second-order valence-electron chi connectivity index (χ2n) is 3.72. The highest BCUT2D eigenvalue weighted by Gasteiger charge is 2.25. The highest BCUT2D eigenvalue weighted by atomic mass is 15.2. The van der Waals surface area contributed by atoms with Crippen molar-refractivity contribution in [1.29, 1.82) is 5.26 Å². The van der Waals surface area contributed by atoms with E-state index < -0.39 is 0 Å². The molecule has 5 heteroatoms. The van der Waals surface area contributed by atoms with Crippen LogP contribution in [0.15, 0.2) is 12.3 Å². The number of nitriles is 1. The Balaban J connectivity index is 2.99. The van der Waals surface area contributed by atoms with Gasteiger partial charge in [-0.15, -0.1) is 5.10 Å². The second-order valence-corrected chi connectivity index (χ2v) is 3.72. The Morgan fingerprint density at radius 3 is 2.69 bits per heavy atom. The molecule has 0 aromatic carbocycles. The van der Waals surface area contributed by atoms with E-state index >= 15 is 0 Å². The van der Waals surface area contributed by atoms with Gasteiger partial charge in [-0.2, -0.15) is 10.4 Å². The third kappa shape index (κ3) is 2.47. The number of hydrogen-bond acceptors (Lipinski definition) is 5. The molecule has 0 unspecified atom stereocenters. The monoisotopic (exact) mass is 219 g/mol. The summed E-state index contributed by atoms with van der Waals surface area (Å²) in [5.74, 6) is 0.513. The first-order valence-electron chi connectivity index (χ1n) is 5.41. The summed E-state index contributed by atoms with van der Waals surface area (Å²) >= 11 is 0. The van der Waals surface area contributed by atoms with E-state index in [1.165, 1.54) is 6.20 Å². The molecule has 0 fully saturated rings. The Kier molecular flexibility index (Phi) is 4.20. The van der Waals surface area contributed by atoms with Gasteiger partial charge in [-0.3, -0.25) is 0 Å². The Labute approximate surface area is 95.7 Å². The predicted molar refractivity (Wildman–Crippen MR) is 62.7 cm³/mol. The van der Waals surface area contributed by atoms with Crippen LogP contribution in [0.1, 0.15) is 32.3 Å². The molecule has 1 rings (SSSR count). The third-order valence-corrected chi connectivity index (χ3v) is 2.97. The van der Waals surface area contributed by atoms with E-state index in [-0.39, 0.29) is 5.54 Å². The van der Waals surface area contributed by atoms with Crippen molar-refractivity contribution < 1.29 is 0 Å². The Hall–Kier alpha value is -1.67. The van der Waals surface area contributed by atoms with Crippen LogP contribution in [-0.2, 0) is 0 Å². The summed E-state index contributed by atoms with van der Waals surface area (Å²) in [6, 6.07) is 3.73. The maximum Gasteiger partial charge on any atom is 0.167 e. The first-order valence-corrected chi connectivity index (χ1v) is 5.41. The normalized spacial score (nSPS) is 10.9. The van der Waals surface area contributed by atoms with Gasteiger partial charge in [0.15, 0.2) is 5.82 Å². The third-order valence-electron chi connectivity index (χ3n) is 2.97. The molecular weight excluding hydrogens is 202 g/mol. The molecule has 1 heterocycles. The fourth-order valence-electron chi connectivity index (χ4n) is 1.53. The van der Waals surface area contributed by atoms with Gasteiger partial charge in [0.05, 0.1) is 17.3 Å². The Bertz CT molecular complexity index is 370. The molecule has 0 spiro atoms. The smallest absolute Gasteiger partial charge is 0.167 e. The van der Waals surface area contributed by atoms with Crippen LogP contribution in [0.4, 0.5) is 5.82 Å². The van der Waals surface area contributed by atoms with Crippen LogP contribution in [0.5, 0.6) is 0 Å². The van der Waals surface area contributed by atoms with Crippen molar-refractivity contribution in [2.75, 3.05) is 11.9 Å². The van der Waals surface area contributed by atoms with E-state index in [9.17, 15) is 0 Å². The molecular formula is C11H17N5. The zero-order valence-electron chi connectivity index (χ0n) is 9.70. The molecule has 0 atom stereocenters. The fraction of sp³-hybridized carbons (Fsp3) is 0.545. The standard InChI is InChI=1S/C11H17N5/c1-3-11(4-2,8-13)15-10-9(7-12)5-6-14-16-10/h5-6H,3-4,8,13H2,1-2H3,(H,15,16). The lowest BCUT2D eigenvalue weighted by Gasteiger charge is -2.32. The lowest BCUT2D eigenvalue weighted by molar-refractivity contribution is 0.443. The van der Waals surface area contributed by atoms with Gasteiger partial charge in [0.2, 0.25) is 0 Å². The minimum absolute atomic E-state index is 0.207. The molecule has 0 bridgehead atoms. The summed E-state index contributed by atoms with van der Waals surface area (Å²) in [4.78, 5) is 0. The first kappa shape index (κ1) is 12.4. The van der Waals surface area contributed by atoms with Gasteiger partial charge in [0, 0.05) is 6.54 Å². The molecule has 0 aliphatic rings. The SMILES string of the molecule is CCC(CC)(CN)Nc1nnccc1C#N.